The van der Waals surface area contributed by atoms with Crippen molar-refractivity contribution in [3.8, 4) is 0 Å². The minimum Gasteiger partial charge on any atom is -0.348 e. The Morgan fingerprint density at radius 1 is 1.47 bits per heavy atom. The zero-order valence-corrected chi connectivity index (χ0v) is 10.1. The fourth-order valence-electron chi connectivity index (χ4n) is 3.08. The molecule has 2 aliphatic rings. The normalized spacial score (nSPS) is 33.4. The van der Waals surface area contributed by atoms with E-state index in [1.165, 1.54) is 24.2 Å². The van der Waals surface area contributed by atoms with Crippen LogP contribution in [0.25, 0.3) is 0 Å². The van der Waals surface area contributed by atoms with Crippen LogP contribution in [0.5, 0.6) is 0 Å². The Balaban J connectivity index is 1.83. The van der Waals surface area contributed by atoms with Gasteiger partial charge in [0.05, 0.1) is 18.1 Å². The molecule has 5 N–H and O–H groups in total. The van der Waals surface area contributed by atoms with Crippen molar-refractivity contribution in [3.63, 3.8) is 0 Å². The van der Waals surface area contributed by atoms with Crippen LogP contribution >= 0.6 is 0 Å². The van der Waals surface area contributed by atoms with Gasteiger partial charge in [0.1, 0.15) is 0 Å². The van der Waals surface area contributed by atoms with E-state index in [4.69, 9.17) is 5.73 Å². The number of rotatable bonds is 2. The lowest BCUT2D eigenvalue weighted by Gasteiger charge is -2.36. The fourth-order valence-corrected chi connectivity index (χ4v) is 3.08. The summed E-state index contributed by atoms with van der Waals surface area (Å²) in [7, 11) is 0. The molecule has 3 unspecified atom stereocenters. The Hall–Kier alpha value is -0.910. The van der Waals surface area contributed by atoms with Crippen LogP contribution in [0, 0.1) is 5.92 Å². The summed E-state index contributed by atoms with van der Waals surface area (Å²) in [5.41, 5.74) is 8.29. The summed E-state index contributed by atoms with van der Waals surface area (Å²) in [6, 6.07) is 0.751. The predicted octanol–water partition coefficient (Wildman–Crippen LogP) is -0.0766. The zero-order valence-electron chi connectivity index (χ0n) is 10.1. The van der Waals surface area contributed by atoms with Gasteiger partial charge in [0, 0.05) is 24.7 Å². The maximum atomic E-state index is 5.81. The van der Waals surface area contributed by atoms with Crippen LogP contribution in [0.1, 0.15) is 30.3 Å². The molecule has 0 aromatic carbocycles. The third-order valence-corrected chi connectivity index (χ3v) is 4.00. The molecule has 0 amide bonds. The molecule has 0 saturated carbocycles. The molecule has 3 atom stereocenters. The lowest BCUT2D eigenvalue weighted by molar-refractivity contribution is 0.251. The number of piperidine rings is 1. The maximum Gasteiger partial charge on any atom is 0.0925 e. The molecule has 3 heterocycles. The topological polar surface area (TPSA) is 78.8 Å². The Morgan fingerprint density at radius 3 is 3.18 bits per heavy atom. The Labute approximate surface area is 102 Å². The minimum atomic E-state index is 0.367. The number of hydrogen-bond acceptors (Lipinski definition) is 4. The van der Waals surface area contributed by atoms with Crippen molar-refractivity contribution in [1.29, 1.82) is 0 Å². The van der Waals surface area contributed by atoms with Crippen molar-refractivity contribution in [2.24, 2.45) is 11.7 Å². The molecule has 94 valence electrons. The van der Waals surface area contributed by atoms with Gasteiger partial charge in [-0.25, -0.2) is 4.98 Å². The van der Waals surface area contributed by atoms with E-state index in [1.807, 2.05) is 6.33 Å². The third-order valence-electron chi connectivity index (χ3n) is 4.00. The van der Waals surface area contributed by atoms with Crippen molar-refractivity contribution in [1.82, 2.24) is 20.6 Å². The molecule has 1 saturated heterocycles. The SMILES string of the molecule is NCC1Cc2[nH]cnc2C(C2CCCNC2)N1. The molecule has 17 heavy (non-hydrogen) atoms. The molecular formula is C12H21N5. The van der Waals surface area contributed by atoms with Gasteiger partial charge in [-0.05, 0) is 31.8 Å². The van der Waals surface area contributed by atoms with E-state index >= 15 is 0 Å². The first kappa shape index (κ1) is 11.2. The van der Waals surface area contributed by atoms with Crippen LogP contribution in [0.2, 0.25) is 0 Å². The van der Waals surface area contributed by atoms with Gasteiger partial charge in [0.2, 0.25) is 0 Å². The second kappa shape index (κ2) is 4.76. The molecule has 1 fully saturated rings. The maximum absolute atomic E-state index is 5.81. The number of aromatic nitrogens is 2. The van der Waals surface area contributed by atoms with E-state index < -0.39 is 0 Å². The highest BCUT2D eigenvalue weighted by Gasteiger charge is 2.33. The van der Waals surface area contributed by atoms with Crippen LogP contribution in [0.15, 0.2) is 6.33 Å². The fraction of sp³-hybridized carbons (Fsp3) is 0.750. The van der Waals surface area contributed by atoms with Crippen molar-refractivity contribution in [2.45, 2.75) is 31.3 Å². The largest absolute Gasteiger partial charge is 0.348 e. The standard InChI is InChI=1S/C12H21N5/c13-5-9-4-10-12(16-7-15-10)11(17-9)8-2-1-3-14-6-8/h7-9,11,14,17H,1-6,13H2,(H,15,16). The molecule has 5 heteroatoms. The van der Waals surface area contributed by atoms with Crippen molar-refractivity contribution < 1.29 is 0 Å². The molecule has 3 rings (SSSR count). The highest BCUT2D eigenvalue weighted by atomic mass is 15.1. The summed E-state index contributed by atoms with van der Waals surface area (Å²) in [6.45, 7) is 2.92. The highest BCUT2D eigenvalue weighted by molar-refractivity contribution is 5.22. The number of fused-ring (bicyclic) bond motifs is 1. The highest BCUT2D eigenvalue weighted by Crippen LogP contribution is 2.31. The predicted molar refractivity (Wildman–Crippen MR) is 66.6 cm³/mol. The summed E-state index contributed by atoms with van der Waals surface area (Å²) in [5, 5.41) is 7.15. The first-order chi connectivity index (χ1) is 8.38. The average Bonchev–Trinajstić information content (AvgIpc) is 2.86. The minimum absolute atomic E-state index is 0.367. The molecule has 1 aromatic rings. The summed E-state index contributed by atoms with van der Waals surface area (Å²) >= 11 is 0. The number of nitrogens with two attached hydrogens (primary N) is 1. The molecule has 1 aromatic heterocycles. The van der Waals surface area contributed by atoms with E-state index in [-0.39, 0.29) is 0 Å². The Kier molecular flexibility index (Phi) is 3.13. The average molecular weight is 235 g/mol. The van der Waals surface area contributed by atoms with E-state index in [1.54, 1.807) is 0 Å². The zero-order chi connectivity index (χ0) is 11.7. The monoisotopic (exact) mass is 235 g/mol. The van der Waals surface area contributed by atoms with Gasteiger partial charge >= 0.3 is 0 Å². The van der Waals surface area contributed by atoms with Gasteiger partial charge in [-0.3, -0.25) is 0 Å². The lowest BCUT2D eigenvalue weighted by Crippen LogP contribution is -2.49. The van der Waals surface area contributed by atoms with Crippen LogP contribution in [0.4, 0.5) is 0 Å². The second-order valence-corrected chi connectivity index (χ2v) is 5.15. The lowest BCUT2D eigenvalue weighted by atomic mass is 9.85. The Bertz CT molecular complexity index is 369. The summed E-state index contributed by atoms with van der Waals surface area (Å²) in [4.78, 5) is 7.76. The van der Waals surface area contributed by atoms with Crippen molar-refractivity contribution in [2.75, 3.05) is 19.6 Å². The van der Waals surface area contributed by atoms with Gasteiger partial charge in [-0.2, -0.15) is 0 Å². The summed E-state index contributed by atoms with van der Waals surface area (Å²) in [5.74, 6) is 0.639. The van der Waals surface area contributed by atoms with E-state index in [0.29, 0.717) is 24.5 Å². The molecular weight excluding hydrogens is 214 g/mol. The summed E-state index contributed by atoms with van der Waals surface area (Å²) < 4.78 is 0. The van der Waals surface area contributed by atoms with Gasteiger partial charge in [0.15, 0.2) is 0 Å². The van der Waals surface area contributed by atoms with Crippen LogP contribution in [-0.4, -0.2) is 35.6 Å². The number of hydrogen-bond donors (Lipinski definition) is 4. The van der Waals surface area contributed by atoms with E-state index in [0.717, 1.165) is 19.5 Å². The number of H-pyrrole nitrogens is 1. The smallest absolute Gasteiger partial charge is 0.0925 e. The number of aromatic amines is 1. The Morgan fingerprint density at radius 2 is 2.41 bits per heavy atom. The number of imidazole rings is 1. The number of nitrogens with zero attached hydrogens (tertiary/aromatic N) is 1. The third kappa shape index (κ3) is 2.10. The molecule has 0 bridgehead atoms. The van der Waals surface area contributed by atoms with Crippen LogP contribution < -0.4 is 16.4 Å². The van der Waals surface area contributed by atoms with E-state index in [9.17, 15) is 0 Å². The van der Waals surface area contributed by atoms with Gasteiger partial charge < -0.3 is 21.4 Å². The second-order valence-electron chi connectivity index (χ2n) is 5.15. The molecule has 0 spiro atoms. The van der Waals surface area contributed by atoms with Gasteiger partial charge in [-0.1, -0.05) is 0 Å². The van der Waals surface area contributed by atoms with Crippen LogP contribution in [-0.2, 0) is 6.42 Å². The van der Waals surface area contributed by atoms with Gasteiger partial charge in [-0.15, -0.1) is 0 Å². The molecule has 0 radical (unpaired) electrons. The van der Waals surface area contributed by atoms with Gasteiger partial charge in [0.25, 0.3) is 0 Å². The van der Waals surface area contributed by atoms with Crippen molar-refractivity contribution >= 4 is 0 Å². The molecule has 0 aliphatic carbocycles. The van der Waals surface area contributed by atoms with E-state index in [2.05, 4.69) is 20.6 Å². The quantitative estimate of drug-likeness (QED) is 0.578. The van der Waals surface area contributed by atoms with Crippen molar-refractivity contribution in [3.05, 3.63) is 17.7 Å². The van der Waals surface area contributed by atoms with Crippen LogP contribution in [0.3, 0.4) is 0 Å². The molecule has 2 aliphatic heterocycles. The first-order valence-corrected chi connectivity index (χ1v) is 6.57. The first-order valence-electron chi connectivity index (χ1n) is 6.57. The summed E-state index contributed by atoms with van der Waals surface area (Å²) in [6.07, 6.45) is 5.32. The number of nitrogens with one attached hydrogen (secondary N) is 3. The molecule has 5 nitrogen and oxygen atoms in total.